The highest BCUT2D eigenvalue weighted by Crippen LogP contribution is 2.49. The highest BCUT2D eigenvalue weighted by molar-refractivity contribution is 5.98. The van der Waals surface area contributed by atoms with Crippen LogP contribution in [-0.2, 0) is 52.6 Å². The molecule has 622 valence electrons. The van der Waals surface area contributed by atoms with Crippen LogP contribution in [0, 0.1) is 103 Å². The Bertz CT molecular complexity index is 3040. The van der Waals surface area contributed by atoms with Crippen molar-refractivity contribution in [2.75, 3.05) is 128 Å². The third-order valence-corrected chi connectivity index (χ3v) is 13.9. The molecule has 1 aliphatic carbocycles. The van der Waals surface area contributed by atoms with E-state index in [9.17, 15) is 43.2 Å². The van der Waals surface area contributed by atoms with Gasteiger partial charge in [-0.25, -0.2) is 9.59 Å². The first-order valence-electron chi connectivity index (χ1n) is 37.4. The second kappa shape index (κ2) is 54.7. The van der Waals surface area contributed by atoms with Gasteiger partial charge >= 0.3 is 11.9 Å². The number of Topliss-reactive ketones (excluding diaryl/α,β-unsaturated/α-hetero) is 2. The van der Waals surface area contributed by atoms with Crippen molar-refractivity contribution in [2.24, 2.45) is 54.7 Å². The number of hydrogen-bond acceptors (Lipinski definition) is 15. The first-order valence-corrected chi connectivity index (χ1v) is 37.4. The number of likely N-dealkylation sites (tertiary alicyclic amines) is 1. The molecule has 1 saturated carbocycles. The number of carbonyl (C=O) groups excluding carboxylic acids is 9. The van der Waals surface area contributed by atoms with E-state index in [0.717, 1.165) is 78.2 Å². The standard InChI is InChI=1S/C14H26N2O.C13H26N2O.C12H24N2O.C11H19NO.C9H13NO.C8H14O2.C8H12O2.C7H11NO.C7H10O/c1-7-10-16(12-14(2,3)4)13(17)9-8-11-15(5)6;1-7-15(11-13(2,3)4)12(16)9-8-10-14(5)6;1-12(2,3)10-14(6)11(15)8-7-9-13(4)5;1-5-10(13)12-7-6-9(8-12)11(2,3)4;1-8(2,3)7(11)9(6-10)4-5-9;2*1-5-7(9)10-6-8(2,3)4;1-5-6(9)8-7(2,3)4;1-5-6(8)7(2,3)4/h7-9H,1,10-12H2,2-6H3;8-9H,7,10-11H2,1-6H3;7-8H,9-10H2,1-6H3;5,9H,1,6-8H2,2-4H3;4-5H2,1-3H3;5H,1,6H2,2-4H3;1H,6H2,2-4H3;1H,2-4H3,(H,8,9);1H,2-4H3/b2*9-8+;8-7+;;;;;;. The molecule has 2 fully saturated rings. The van der Waals surface area contributed by atoms with Crippen LogP contribution in [0.5, 0.6) is 0 Å². The van der Waals surface area contributed by atoms with Crippen LogP contribution in [0.2, 0.25) is 0 Å². The van der Waals surface area contributed by atoms with Gasteiger partial charge in [0.15, 0.2) is 5.78 Å². The van der Waals surface area contributed by atoms with E-state index >= 15 is 0 Å². The number of nitrogens with one attached hydrogen (secondary N) is 1. The number of hydrogen-bond donors (Lipinski definition) is 1. The van der Waals surface area contributed by atoms with Crippen LogP contribution >= 0.6 is 0 Å². The molecule has 2 rings (SSSR count). The van der Waals surface area contributed by atoms with E-state index in [-0.39, 0.29) is 90.5 Å². The molecule has 2 aliphatic rings. The van der Waals surface area contributed by atoms with Gasteiger partial charge in [-0.1, -0.05) is 204 Å². The van der Waals surface area contributed by atoms with Crippen molar-refractivity contribution >= 4 is 53.0 Å². The predicted molar refractivity (Wildman–Crippen MR) is 454 cm³/mol. The minimum Gasteiger partial charge on any atom is -0.462 e. The summed E-state index contributed by atoms with van der Waals surface area (Å²) >= 11 is 0. The highest BCUT2D eigenvalue weighted by atomic mass is 16.5. The summed E-state index contributed by atoms with van der Waals surface area (Å²) in [7, 11) is 13.7. The number of rotatable bonds is 20. The zero-order valence-corrected chi connectivity index (χ0v) is 75.3. The SMILES string of the molecule is C#CC(=O)C(C)(C)C.C#CC(=O)NC(C)(C)C.C#CC(=O)OCC(C)(C)C.C=CC(=O)N1CCC(C(C)(C)C)C1.C=CC(=O)OCC(C)(C)C.C=CCN(CC(C)(C)C)C(=O)/C=C/CN(C)C.CC(C)(C)C(=O)C1(C#N)CC1.CCN(CC(C)(C)C)C(=O)/C=C/CN(C)C.CN(C)C/C=C/C(=O)N(C)CC(C)(C)C. The van der Waals surface area contributed by atoms with Gasteiger partial charge < -0.3 is 49.1 Å². The van der Waals surface area contributed by atoms with E-state index in [1.54, 1.807) is 50.0 Å². The topological polar surface area (TPSA) is 231 Å². The molecule has 0 spiro atoms. The molecule has 1 saturated heterocycles. The fourth-order valence-electron chi connectivity index (χ4n) is 8.39. The minimum absolute atomic E-state index is 0.00743. The monoisotopic (exact) mass is 1530 g/mol. The van der Waals surface area contributed by atoms with Crippen LogP contribution in [0.25, 0.3) is 0 Å². The summed E-state index contributed by atoms with van der Waals surface area (Å²) in [5, 5.41) is 11.3. The molecule has 20 nitrogen and oxygen atoms in total. The summed E-state index contributed by atoms with van der Waals surface area (Å²) in [5.41, 5.74) is -0.779. The maximum absolute atomic E-state index is 12.0. The van der Waals surface area contributed by atoms with Gasteiger partial charge in [-0.3, -0.25) is 33.6 Å². The number of nitrogens with zero attached hydrogens (tertiary/aromatic N) is 8. The van der Waals surface area contributed by atoms with Gasteiger partial charge in [0.25, 0.3) is 5.91 Å². The number of amides is 5. The summed E-state index contributed by atoms with van der Waals surface area (Å²) in [6.45, 7) is 75.6. The number of likely N-dealkylation sites (N-methyl/N-ethyl adjacent to an activating group) is 5. The van der Waals surface area contributed by atoms with Gasteiger partial charge in [-0.15, -0.1) is 25.8 Å². The van der Waals surface area contributed by atoms with E-state index in [0.29, 0.717) is 31.1 Å². The number of nitriles is 1. The van der Waals surface area contributed by atoms with Crippen LogP contribution < -0.4 is 5.32 Å². The second-order valence-electron chi connectivity index (χ2n) is 38.1. The molecule has 1 unspecified atom stereocenters. The molecule has 109 heavy (non-hydrogen) atoms. The van der Waals surface area contributed by atoms with E-state index in [4.69, 9.17) is 29.3 Å². The third kappa shape index (κ3) is 74.0. The van der Waals surface area contributed by atoms with Gasteiger partial charge in [0.2, 0.25) is 29.4 Å². The lowest BCUT2D eigenvalue weighted by Gasteiger charge is -2.28. The van der Waals surface area contributed by atoms with Crippen LogP contribution in [-0.4, -0.2) is 221 Å². The predicted octanol–water partition coefficient (Wildman–Crippen LogP) is 14.5. The summed E-state index contributed by atoms with van der Waals surface area (Å²) in [6.07, 6.45) is 32.1. The van der Waals surface area contributed by atoms with Gasteiger partial charge in [0.05, 0.1) is 19.3 Å². The minimum atomic E-state index is -0.599. The van der Waals surface area contributed by atoms with Crippen LogP contribution in [0.1, 0.15) is 213 Å². The molecule has 5 amide bonds. The van der Waals surface area contributed by atoms with Crippen molar-refractivity contribution in [1.29, 1.82) is 5.26 Å². The van der Waals surface area contributed by atoms with Gasteiger partial charge in [-0.05, 0) is 146 Å². The van der Waals surface area contributed by atoms with E-state index in [2.05, 4.69) is 125 Å². The Morgan fingerprint density at radius 3 is 1.17 bits per heavy atom. The summed E-state index contributed by atoms with van der Waals surface area (Å²) < 4.78 is 9.48. The fourth-order valence-corrected chi connectivity index (χ4v) is 8.39. The maximum Gasteiger partial charge on any atom is 0.384 e. The van der Waals surface area contributed by atoms with Crippen molar-refractivity contribution in [3.05, 3.63) is 74.4 Å². The zero-order chi connectivity index (χ0) is 87.7. The fraction of sp³-hybridized carbons (Fsp3) is 0.685. The smallest absolute Gasteiger partial charge is 0.384 e. The third-order valence-electron chi connectivity index (χ3n) is 13.9. The second-order valence-corrected chi connectivity index (χ2v) is 38.1. The molecule has 1 heterocycles. The molecule has 0 aromatic rings. The lowest BCUT2D eigenvalue weighted by molar-refractivity contribution is -0.140. The number of esters is 2. The van der Waals surface area contributed by atoms with Crippen LogP contribution in [0.15, 0.2) is 74.4 Å². The summed E-state index contributed by atoms with van der Waals surface area (Å²) in [4.78, 5) is 114. The zero-order valence-electron chi connectivity index (χ0n) is 75.3. The molecule has 1 N–H and O–H groups in total. The van der Waals surface area contributed by atoms with Crippen molar-refractivity contribution in [3.63, 3.8) is 0 Å². The molecular formula is C89H155N9O11. The van der Waals surface area contributed by atoms with E-state index < -0.39 is 11.4 Å². The van der Waals surface area contributed by atoms with Gasteiger partial charge in [0.1, 0.15) is 5.41 Å². The largest absolute Gasteiger partial charge is 0.462 e. The van der Waals surface area contributed by atoms with Crippen molar-refractivity contribution < 1.29 is 52.6 Å². The first-order chi connectivity index (χ1) is 49.0. The number of carbonyl (C=O) groups is 9. The maximum atomic E-state index is 12.0. The normalized spacial score (nSPS) is 13.8. The average molecular weight is 1530 g/mol. The molecule has 0 aromatic carbocycles. The Kier molecular flexibility index (Phi) is 57.4. The Labute approximate surface area is 666 Å². The highest BCUT2D eigenvalue weighted by Gasteiger charge is 2.53. The lowest BCUT2D eigenvalue weighted by atomic mass is 9.80. The van der Waals surface area contributed by atoms with Crippen molar-refractivity contribution in [3.8, 4) is 43.1 Å². The molecule has 0 aromatic heterocycles. The number of ether oxygens (including phenoxy) is 2. The van der Waals surface area contributed by atoms with E-state index in [1.165, 1.54) is 12.2 Å². The molecule has 0 bridgehead atoms. The van der Waals surface area contributed by atoms with Crippen LogP contribution in [0.3, 0.4) is 0 Å². The number of ketones is 2. The van der Waals surface area contributed by atoms with Gasteiger partial charge in [0, 0.05) is 119 Å². The Morgan fingerprint density at radius 2 is 0.917 bits per heavy atom. The Morgan fingerprint density at radius 1 is 0.523 bits per heavy atom. The molecule has 0 radical (unpaired) electrons. The molecular weight excluding hydrogens is 1370 g/mol. The van der Waals surface area contributed by atoms with Crippen LogP contribution in [0.4, 0.5) is 0 Å². The molecule has 1 atom stereocenters. The Balaban J connectivity index is -0.000000217. The average Bonchev–Trinajstić information content (AvgIpc) is 1.62. The van der Waals surface area contributed by atoms with E-state index in [1.807, 2.05) is 199 Å². The van der Waals surface area contributed by atoms with Crippen molar-refractivity contribution in [1.82, 2.24) is 39.6 Å². The van der Waals surface area contributed by atoms with Crippen molar-refractivity contribution in [2.45, 2.75) is 219 Å². The summed E-state index contributed by atoms with van der Waals surface area (Å²) in [5.74, 6) is 5.53. The number of terminal acetylenes is 3. The quantitative estimate of drug-likeness (QED) is 0.0298. The molecule has 1 aliphatic heterocycles. The lowest BCUT2D eigenvalue weighted by Crippen LogP contribution is -2.39. The van der Waals surface area contributed by atoms with Gasteiger partial charge in [-0.2, -0.15) is 5.26 Å². The first kappa shape index (κ1) is 114. The Hall–Kier alpha value is -7.88. The molecule has 20 heteroatoms. The summed E-state index contributed by atoms with van der Waals surface area (Å²) in [6, 6.07) is 2.11.